The first kappa shape index (κ1) is 20.4. The molecule has 0 radical (unpaired) electrons. The van der Waals surface area contributed by atoms with E-state index in [9.17, 15) is 14.3 Å². The van der Waals surface area contributed by atoms with Gasteiger partial charge in [0.1, 0.15) is 5.82 Å². The van der Waals surface area contributed by atoms with Crippen LogP contribution < -0.4 is 10.9 Å². The minimum Gasteiger partial charge on any atom is -0.387 e. The van der Waals surface area contributed by atoms with Gasteiger partial charge in [0.2, 0.25) is 5.95 Å². The lowest BCUT2D eigenvalue weighted by Gasteiger charge is -2.18. The monoisotopic (exact) mass is 416 g/mol. The molecule has 2 aromatic heterocycles. The number of aliphatic hydroxyl groups excluding tert-OH is 1. The number of hydrogen-bond donors (Lipinski definition) is 2. The molecular formula is C24H21FN4O2. The number of hydrogen-bond acceptors (Lipinski definition) is 5. The van der Waals surface area contributed by atoms with Gasteiger partial charge in [-0.3, -0.25) is 14.3 Å². The van der Waals surface area contributed by atoms with Crippen molar-refractivity contribution in [1.82, 2.24) is 14.5 Å². The van der Waals surface area contributed by atoms with E-state index < -0.39 is 17.5 Å². The van der Waals surface area contributed by atoms with Crippen LogP contribution in [0.5, 0.6) is 0 Å². The lowest BCUT2D eigenvalue weighted by Crippen LogP contribution is -2.26. The Balaban J connectivity index is 1.79. The van der Waals surface area contributed by atoms with Crippen LogP contribution in [-0.4, -0.2) is 26.2 Å². The van der Waals surface area contributed by atoms with Gasteiger partial charge in [-0.25, -0.2) is 9.37 Å². The summed E-state index contributed by atoms with van der Waals surface area (Å²) in [5.74, 6) is -0.233. The van der Waals surface area contributed by atoms with Gasteiger partial charge in [0.05, 0.1) is 17.4 Å². The first-order valence-corrected chi connectivity index (χ1v) is 9.79. The van der Waals surface area contributed by atoms with E-state index in [0.29, 0.717) is 11.3 Å². The number of aliphatic hydroxyl groups is 1. The number of aromatic nitrogens is 3. The van der Waals surface area contributed by atoms with Crippen LogP contribution in [-0.2, 0) is 7.05 Å². The summed E-state index contributed by atoms with van der Waals surface area (Å²) < 4.78 is 15.9. The topological polar surface area (TPSA) is 80.0 Å². The lowest BCUT2D eigenvalue weighted by molar-refractivity contribution is 0.191. The fraction of sp³-hybridized carbons (Fsp3) is 0.125. The fourth-order valence-corrected chi connectivity index (χ4v) is 3.37. The SMILES string of the molecule is Cn1c(NCC(O)c2ccccc2)nc(-c2ccncc2)c(-c2ccccc2F)c1=O. The molecule has 2 N–H and O–H groups in total. The summed E-state index contributed by atoms with van der Waals surface area (Å²) in [5, 5.41) is 13.5. The summed E-state index contributed by atoms with van der Waals surface area (Å²) in [5.41, 5.74) is 1.67. The molecular weight excluding hydrogens is 395 g/mol. The maximum Gasteiger partial charge on any atom is 0.263 e. The van der Waals surface area contributed by atoms with Crippen molar-refractivity contribution in [2.45, 2.75) is 6.10 Å². The molecule has 2 heterocycles. The van der Waals surface area contributed by atoms with E-state index in [0.717, 1.165) is 5.56 Å². The van der Waals surface area contributed by atoms with Gasteiger partial charge < -0.3 is 10.4 Å². The maximum absolute atomic E-state index is 14.6. The Kier molecular flexibility index (Phi) is 5.86. The number of pyridine rings is 1. The standard InChI is InChI=1S/C24H21FN4O2/c1-29-23(31)21(18-9-5-6-10-19(18)25)22(17-11-13-26-14-12-17)28-24(29)27-15-20(30)16-7-3-2-4-8-16/h2-14,20,30H,15H2,1H3,(H,27,28). The highest BCUT2D eigenvalue weighted by Gasteiger charge is 2.20. The molecule has 0 saturated carbocycles. The van der Waals surface area contributed by atoms with E-state index in [1.54, 1.807) is 49.8 Å². The zero-order valence-corrected chi connectivity index (χ0v) is 16.9. The number of benzene rings is 2. The minimum absolute atomic E-state index is 0.152. The Bertz CT molecular complexity index is 1240. The van der Waals surface area contributed by atoms with Crippen molar-refractivity contribution in [2.75, 3.05) is 11.9 Å². The van der Waals surface area contributed by atoms with Crippen LogP contribution in [0.2, 0.25) is 0 Å². The van der Waals surface area contributed by atoms with E-state index in [1.807, 2.05) is 30.3 Å². The molecule has 0 aliphatic heterocycles. The summed E-state index contributed by atoms with van der Waals surface area (Å²) in [6, 6.07) is 18.8. The third-order valence-electron chi connectivity index (χ3n) is 5.03. The second kappa shape index (κ2) is 8.89. The van der Waals surface area contributed by atoms with Gasteiger partial charge in [-0.15, -0.1) is 0 Å². The Morgan fingerprint density at radius 1 is 1.03 bits per heavy atom. The molecule has 31 heavy (non-hydrogen) atoms. The first-order chi connectivity index (χ1) is 15.1. The molecule has 0 amide bonds. The van der Waals surface area contributed by atoms with Gasteiger partial charge in [-0.2, -0.15) is 0 Å². The number of nitrogens with zero attached hydrogens (tertiary/aromatic N) is 3. The highest BCUT2D eigenvalue weighted by Crippen LogP contribution is 2.30. The molecule has 1 unspecified atom stereocenters. The van der Waals surface area contributed by atoms with Crippen molar-refractivity contribution < 1.29 is 9.50 Å². The highest BCUT2D eigenvalue weighted by molar-refractivity contribution is 5.81. The molecule has 7 heteroatoms. The van der Waals surface area contributed by atoms with Gasteiger partial charge in [0.15, 0.2) is 0 Å². The number of halogens is 1. The molecule has 6 nitrogen and oxygen atoms in total. The summed E-state index contributed by atoms with van der Waals surface area (Å²) in [6.45, 7) is 0.152. The van der Waals surface area contributed by atoms with Crippen LogP contribution in [0.25, 0.3) is 22.4 Å². The van der Waals surface area contributed by atoms with E-state index in [4.69, 9.17) is 0 Å². The average Bonchev–Trinajstić information content (AvgIpc) is 2.81. The Morgan fingerprint density at radius 3 is 2.42 bits per heavy atom. The highest BCUT2D eigenvalue weighted by atomic mass is 19.1. The summed E-state index contributed by atoms with van der Waals surface area (Å²) in [4.78, 5) is 21.9. The molecule has 0 fully saturated rings. The van der Waals surface area contributed by atoms with Crippen LogP contribution in [0.3, 0.4) is 0 Å². The summed E-state index contributed by atoms with van der Waals surface area (Å²) in [6.07, 6.45) is 2.39. The van der Waals surface area contributed by atoms with Crippen LogP contribution in [0.15, 0.2) is 83.9 Å². The van der Waals surface area contributed by atoms with Crippen LogP contribution >= 0.6 is 0 Å². The number of anilines is 1. The molecule has 156 valence electrons. The molecule has 0 spiro atoms. The maximum atomic E-state index is 14.6. The van der Waals surface area contributed by atoms with Crippen molar-refractivity contribution in [3.8, 4) is 22.4 Å². The van der Waals surface area contributed by atoms with Crippen molar-refractivity contribution >= 4 is 5.95 Å². The molecule has 4 aromatic rings. The van der Waals surface area contributed by atoms with Crippen LogP contribution in [0, 0.1) is 5.82 Å². The Morgan fingerprint density at radius 2 is 1.71 bits per heavy atom. The van der Waals surface area contributed by atoms with Gasteiger partial charge >= 0.3 is 0 Å². The lowest BCUT2D eigenvalue weighted by atomic mass is 10.0. The van der Waals surface area contributed by atoms with Crippen molar-refractivity contribution in [3.05, 3.63) is 101 Å². The third-order valence-corrected chi connectivity index (χ3v) is 5.03. The number of rotatable bonds is 6. The minimum atomic E-state index is -0.784. The third kappa shape index (κ3) is 4.22. The molecule has 0 bridgehead atoms. The van der Waals surface area contributed by atoms with Gasteiger partial charge in [-0.05, 0) is 23.8 Å². The summed E-state index contributed by atoms with van der Waals surface area (Å²) >= 11 is 0. The molecule has 0 aliphatic rings. The largest absolute Gasteiger partial charge is 0.387 e. The van der Waals surface area contributed by atoms with Crippen molar-refractivity contribution in [2.24, 2.45) is 7.05 Å². The van der Waals surface area contributed by atoms with E-state index >= 15 is 0 Å². The van der Waals surface area contributed by atoms with E-state index in [-0.39, 0.29) is 23.6 Å². The quantitative estimate of drug-likeness (QED) is 0.500. The normalized spacial score (nSPS) is 11.8. The molecule has 0 aliphatic carbocycles. The zero-order valence-electron chi connectivity index (χ0n) is 16.9. The van der Waals surface area contributed by atoms with Crippen molar-refractivity contribution in [1.29, 1.82) is 0 Å². The van der Waals surface area contributed by atoms with Gasteiger partial charge in [0.25, 0.3) is 5.56 Å². The Labute approximate surface area is 178 Å². The summed E-state index contributed by atoms with van der Waals surface area (Å²) in [7, 11) is 1.56. The van der Waals surface area contributed by atoms with Crippen LogP contribution in [0.4, 0.5) is 10.3 Å². The predicted octanol–water partition coefficient (Wildman–Crippen LogP) is 3.79. The predicted molar refractivity (Wildman–Crippen MR) is 118 cm³/mol. The molecule has 0 saturated heterocycles. The first-order valence-electron chi connectivity index (χ1n) is 9.79. The van der Waals surface area contributed by atoms with Crippen LogP contribution in [0.1, 0.15) is 11.7 Å². The smallest absolute Gasteiger partial charge is 0.263 e. The van der Waals surface area contributed by atoms with E-state index in [1.165, 1.54) is 10.6 Å². The van der Waals surface area contributed by atoms with E-state index in [2.05, 4.69) is 15.3 Å². The second-order valence-electron chi connectivity index (χ2n) is 7.05. The van der Waals surface area contributed by atoms with Crippen molar-refractivity contribution in [3.63, 3.8) is 0 Å². The van der Waals surface area contributed by atoms with Gasteiger partial charge in [-0.1, -0.05) is 48.5 Å². The molecule has 2 aromatic carbocycles. The fourth-order valence-electron chi connectivity index (χ4n) is 3.37. The Hall–Kier alpha value is -3.84. The second-order valence-corrected chi connectivity index (χ2v) is 7.05. The number of nitrogens with one attached hydrogen (secondary N) is 1. The average molecular weight is 416 g/mol. The molecule has 1 atom stereocenters. The molecule has 4 rings (SSSR count). The zero-order chi connectivity index (χ0) is 21.8. The van der Waals surface area contributed by atoms with Gasteiger partial charge in [0, 0.05) is 37.1 Å².